The number of aryl methyl sites for hydroxylation is 3. The predicted octanol–water partition coefficient (Wildman–Crippen LogP) is 2.45. The van der Waals surface area contributed by atoms with Crippen molar-refractivity contribution in [3.8, 4) is 0 Å². The normalized spacial score (nSPS) is 16.8. The van der Waals surface area contributed by atoms with Gasteiger partial charge in [-0.25, -0.2) is 9.97 Å². The van der Waals surface area contributed by atoms with Crippen LogP contribution in [0.2, 0.25) is 0 Å². The Hall–Kier alpha value is -2.47. The number of amides is 1. The monoisotopic (exact) mass is 380 g/mol. The molecule has 1 aromatic heterocycles. The average molecular weight is 380 g/mol. The van der Waals surface area contributed by atoms with Gasteiger partial charge in [0.25, 0.3) is 0 Å². The highest BCUT2D eigenvalue weighted by atomic mass is 16.5. The average Bonchev–Trinajstić information content (AvgIpc) is 2.74. The fourth-order valence-electron chi connectivity index (χ4n) is 3.97. The van der Waals surface area contributed by atoms with Crippen LogP contribution in [0.25, 0.3) is 0 Å². The van der Waals surface area contributed by atoms with E-state index in [1.807, 2.05) is 4.90 Å². The molecule has 1 amide bonds. The Bertz CT molecular complexity index is 862. The molecule has 0 spiro atoms. The first-order valence-electron chi connectivity index (χ1n) is 10.1. The van der Waals surface area contributed by atoms with Gasteiger partial charge in [0, 0.05) is 31.6 Å². The molecule has 6 nitrogen and oxygen atoms in total. The SMILES string of the molecule is Cc1ccc(CCC(=O)N2CCc3c(ncnc3N3CCOCC3)C2)cc1C. The third-order valence-corrected chi connectivity index (χ3v) is 5.85. The van der Waals surface area contributed by atoms with E-state index in [-0.39, 0.29) is 5.91 Å². The van der Waals surface area contributed by atoms with Gasteiger partial charge in [-0.15, -0.1) is 0 Å². The van der Waals surface area contributed by atoms with Crippen LogP contribution >= 0.6 is 0 Å². The zero-order valence-corrected chi connectivity index (χ0v) is 16.8. The molecule has 0 bridgehead atoms. The maximum Gasteiger partial charge on any atom is 0.223 e. The molecule has 2 aliphatic heterocycles. The van der Waals surface area contributed by atoms with Crippen LogP contribution in [0.1, 0.15) is 34.4 Å². The zero-order chi connectivity index (χ0) is 19.5. The Morgan fingerprint density at radius 3 is 2.71 bits per heavy atom. The van der Waals surface area contributed by atoms with Crippen LogP contribution in [-0.4, -0.2) is 53.6 Å². The number of ether oxygens (including phenoxy) is 1. The molecule has 1 fully saturated rings. The van der Waals surface area contributed by atoms with Crippen LogP contribution in [0.4, 0.5) is 5.82 Å². The van der Waals surface area contributed by atoms with Crippen LogP contribution < -0.4 is 4.90 Å². The van der Waals surface area contributed by atoms with Crippen molar-refractivity contribution in [2.45, 2.75) is 39.7 Å². The molecule has 0 saturated carbocycles. The van der Waals surface area contributed by atoms with E-state index in [1.54, 1.807) is 6.33 Å². The third-order valence-electron chi connectivity index (χ3n) is 5.85. The predicted molar refractivity (Wildman–Crippen MR) is 108 cm³/mol. The number of aromatic nitrogens is 2. The van der Waals surface area contributed by atoms with Gasteiger partial charge < -0.3 is 14.5 Å². The minimum atomic E-state index is 0.204. The molecule has 3 heterocycles. The van der Waals surface area contributed by atoms with Crippen molar-refractivity contribution in [2.24, 2.45) is 0 Å². The molecule has 0 unspecified atom stereocenters. The van der Waals surface area contributed by atoms with E-state index in [2.05, 4.69) is 46.9 Å². The van der Waals surface area contributed by atoms with Gasteiger partial charge >= 0.3 is 0 Å². The second kappa shape index (κ2) is 8.27. The van der Waals surface area contributed by atoms with Crippen LogP contribution in [0.5, 0.6) is 0 Å². The summed E-state index contributed by atoms with van der Waals surface area (Å²) in [6, 6.07) is 6.45. The largest absolute Gasteiger partial charge is 0.378 e. The molecule has 4 rings (SSSR count). The summed E-state index contributed by atoms with van der Waals surface area (Å²) in [6.07, 6.45) is 3.77. The quantitative estimate of drug-likeness (QED) is 0.815. The lowest BCUT2D eigenvalue weighted by Gasteiger charge is -2.33. The van der Waals surface area contributed by atoms with Crippen molar-refractivity contribution >= 4 is 11.7 Å². The topological polar surface area (TPSA) is 58.6 Å². The lowest BCUT2D eigenvalue weighted by molar-refractivity contribution is -0.132. The molecule has 1 saturated heterocycles. The molecule has 0 radical (unpaired) electrons. The summed E-state index contributed by atoms with van der Waals surface area (Å²) in [6.45, 7) is 8.76. The molecule has 2 aliphatic rings. The fraction of sp³-hybridized carbons (Fsp3) is 0.500. The molecule has 1 aromatic carbocycles. The highest BCUT2D eigenvalue weighted by Gasteiger charge is 2.26. The number of carbonyl (C=O) groups is 1. The van der Waals surface area contributed by atoms with E-state index in [0.717, 1.165) is 57.2 Å². The first-order chi connectivity index (χ1) is 13.6. The summed E-state index contributed by atoms with van der Waals surface area (Å²) in [4.78, 5) is 26.0. The van der Waals surface area contributed by atoms with E-state index in [0.29, 0.717) is 13.0 Å². The first kappa shape index (κ1) is 18.9. The van der Waals surface area contributed by atoms with Crippen molar-refractivity contribution in [3.63, 3.8) is 0 Å². The maximum atomic E-state index is 12.8. The Balaban J connectivity index is 1.40. The number of rotatable bonds is 4. The van der Waals surface area contributed by atoms with E-state index < -0.39 is 0 Å². The first-order valence-corrected chi connectivity index (χ1v) is 10.1. The summed E-state index contributed by atoms with van der Waals surface area (Å²) < 4.78 is 5.45. The van der Waals surface area contributed by atoms with Crippen molar-refractivity contribution in [2.75, 3.05) is 37.7 Å². The minimum absolute atomic E-state index is 0.204. The smallest absolute Gasteiger partial charge is 0.223 e. The van der Waals surface area contributed by atoms with Crippen molar-refractivity contribution < 1.29 is 9.53 Å². The van der Waals surface area contributed by atoms with Gasteiger partial charge in [0.1, 0.15) is 12.1 Å². The van der Waals surface area contributed by atoms with Crippen molar-refractivity contribution in [3.05, 3.63) is 52.5 Å². The number of hydrogen-bond acceptors (Lipinski definition) is 5. The summed E-state index contributed by atoms with van der Waals surface area (Å²) >= 11 is 0. The Kier molecular flexibility index (Phi) is 5.57. The number of carbonyl (C=O) groups excluding carboxylic acids is 1. The number of nitrogens with zero attached hydrogens (tertiary/aromatic N) is 4. The Morgan fingerprint density at radius 2 is 1.93 bits per heavy atom. The molecule has 0 atom stereocenters. The number of hydrogen-bond donors (Lipinski definition) is 0. The zero-order valence-electron chi connectivity index (χ0n) is 16.8. The molecular formula is C22H28N4O2. The number of fused-ring (bicyclic) bond motifs is 1. The highest BCUT2D eigenvalue weighted by molar-refractivity contribution is 5.77. The molecular weight excluding hydrogens is 352 g/mol. The Labute approximate surface area is 166 Å². The van der Waals surface area contributed by atoms with Crippen LogP contribution in [0.3, 0.4) is 0 Å². The molecule has 0 aliphatic carbocycles. The molecule has 2 aromatic rings. The van der Waals surface area contributed by atoms with E-state index >= 15 is 0 Å². The van der Waals surface area contributed by atoms with Crippen LogP contribution in [0, 0.1) is 13.8 Å². The fourth-order valence-corrected chi connectivity index (χ4v) is 3.97. The molecule has 0 N–H and O–H groups in total. The lowest BCUT2D eigenvalue weighted by Crippen LogP contribution is -2.40. The van der Waals surface area contributed by atoms with Gasteiger partial charge in [0.15, 0.2) is 0 Å². The van der Waals surface area contributed by atoms with Crippen molar-refractivity contribution in [1.82, 2.24) is 14.9 Å². The number of anilines is 1. The second-order valence-corrected chi connectivity index (χ2v) is 7.71. The van der Waals surface area contributed by atoms with E-state index in [4.69, 9.17) is 4.74 Å². The Morgan fingerprint density at radius 1 is 1.11 bits per heavy atom. The number of morpholine rings is 1. The maximum absolute atomic E-state index is 12.8. The summed E-state index contributed by atoms with van der Waals surface area (Å²) in [7, 11) is 0. The van der Waals surface area contributed by atoms with Gasteiger partial charge in [-0.05, 0) is 43.4 Å². The lowest BCUT2D eigenvalue weighted by atomic mass is 10.0. The third kappa shape index (κ3) is 4.02. The van der Waals surface area contributed by atoms with Gasteiger partial charge in [-0.1, -0.05) is 18.2 Å². The molecule has 148 valence electrons. The van der Waals surface area contributed by atoms with Gasteiger partial charge in [0.2, 0.25) is 5.91 Å². The minimum Gasteiger partial charge on any atom is -0.378 e. The summed E-state index contributed by atoms with van der Waals surface area (Å²) in [5, 5.41) is 0. The summed E-state index contributed by atoms with van der Waals surface area (Å²) in [5.74, 6) is 1.23. The van der Waals surface area contributed by atoms with E-state index in [1.165, 1.54) is 22.3 Å². The van der Waals surface area contributed by atoms with Crippen LogP contribution in [-0.2, 0) is 28.9 Å². The standard InChI is InChI=1S/C22H28N4O2/c1-16-3-4-18(13-17(16)2)5-6-21(27)26-8-7-19-20(14-26)23-15-24-22(19)25-9-11-28-12-10-25/h3-4,13,15H,5-12,14H2,1-2H3. The molecule has 6 heteroatoms. The van der Waals surface area contributed by atoms with Crippen LogP contribution in [0.15, 0.2) is 24.5 Å². The highest BCUT2D eigenvalue weighted by Crippen LogP contribution is 2.26. The van der Waals surface area contributed by atoms with Crippen molar-refractivity contribution in [1.29, 1.82) is 0 Å². The second-order valence-electron chi connectivity index (χ2n) is 7.71. The number of benzene rings is 1. The van der Waals surface area contributed by atoms with Gasteiger partial charge in [-0.3, -0.25) is 4.79 Å². The van der Waals surface area contributed by atoms with Gasteiger partial charge in [-0.2, -0.15) is 0 Å². The van der Waals surface area contributed by atoms with Gasteiger partial charge in [0.05, 0.1) is 25.5 Å². The summed E-state index contributed by atoms with van der Waals surface area (Å²) in [5.41, 5.74) is 5.98. The molecule has 28 heavy (non-hydrogen) atoms. The van der Waals surface area contributed by atoms with E-state index in [9.17, 15) is 4.79 Å².